The van der Waals surface area contributed by atoms with E-state index in [4.69, 9.17) is 5.73 Å². The zero-order valence-corrected chi connectivity index (χ0v) is 10.7. The van der Waals surface area contributed by atoms with Crippen LogP contribution < -0.4 is 5.73 Å². The van der Waals surface area contributed by atoms with E-state index in [0.717, 1.165) is 24.8 Å². The minimum Gasteiger partial charge on any atom is -0.318 e. The minimum atomic E-state index is -0.368. The first-order valence-electron chi connectivity index (χ1n) is 6.50. The molecule has 2 N–H and O–H groups in total. The first-order chi connectivity index (χ1) is 8.72. The monoisotopic (exact) mass is 238 g/mol. The third-order valence-corrected chi connectivity index (χ3v) is 4.03. The Morgan fingerprint density at radius 1 is 1.17 bits per heavy atom. The molecule has 1 aliphatic rings. The van der Waals surface area contributed by atoms with Crippen LogP contribution in [-0.4, -0.2) is 4.98 Å². The molecule has 0 amide bonds. The number of nitrogens with zero attached hydrogens (tertiary/aromatic N) is 1. The minimum absolute atomic E-state index is 0.368. The summed E-state index contributed by atoms with van der Waals surface area (Å²) in [6, 6.07) is 10.6. The molecule has 92 valence electrons. The summed E-state index contributed by atoms with van der Waals surface area (Å²) in [5.41, 5.74) is 11.4. The summed E-state index contributed by atoms with van der Waals surface area (Å²) in [5.74, 6) is 0. The fourth-order valence-corrected chi connectivity index (χ4v) is 3.08. The number of hydrogen-bond donors (Lipinski definition) is 1. The van der Waals surface area contributed by atoms with Crippen molar-refractivity contribution in [1.82, 2.24) is 4.98 Å². The molecule has 1 aromatic heterocycles. The molecule has 1 heterocycles. The highest BCUT2D eigenvalue weighted by Gasteiger charge is 2.35. The number of fused-ring (bicyclic) bond motifs is 1. The van der Waals surface area contributed by atoms with E-state index in [1.807, 2.05) is 18.5 Å². The summed E-state index contributed by atoms with van der Waals surface area (Å²) in [6.07, 6.45) is 7.03. The van der Waals surface area contributed by atoms with Crippen molar-refractivity contribution in [3.63, 3.8) is 0 Å². The maximum atomic E-state index is 6.75. The molecule has 2 heteroatoms. The SMILES string of the molecule is Cc1ccncc1C1(N)CCCc2ccccc21. The molecule has 2 nitrogen and oxygen atoms in total. The Morgan fingerprint density at radius 2 is 2.00 bits per heavy atom. The molecule has 1 aliphatic carbocycles. The van der Waals surface area contributed by atoms with Gasteiger partial charge < -0.3 is 5.73 Å². The van der Waals surface area contributed by atoms with Crippen LogP contribution in [0.3, 0.4) is 0 Å². The molecule has 3 rings (SSSR count). The second-order valence-corrected chi connectivity index (χ2v) is 5.17. The molecule has 18 heavy (non-hydrogen) atoms. The summed E-state index contributed by atoms with van der Waals surface area (Å²) < 4.78 is 0. The van der Waals surface area contributed by atoms with Gasteiger partial charge in [0.2, 0.25) is 0 Å². The Hall–Kier alpha value is -1.67. The molecule has 2 aromatic rings. The largest absolute Gasteiger partial charge is 0.318 e. The molecule has 0 bridgehead atoms. The van der Waals surface area contributed by atoms with Gasteiger partial charge in [-0.2, -0.15) is 0 Å². The van der Waals surface area contributed by atoms with Crippen molar-refractivity contribution in [3.8, 4) is 0 Å². The van der Waals surface area contributed by atoms with E-state index in [1.165, 1.54) is 16.7 Å². The predicted molar refractivity (Wildman–Crippen MR) is 73.3 cm³/mol. The van der Waals surface area contributed by atoms with Crippen molar-refractivity contribution >= 4 is 0 Å². The summed E-state index contributed by atoms with van der Waals surface area (Å²) in [5, 5.41) is 0. The lowest BCUT2D eigenvalue weighted by molar-refractivity contribution is 0.439. The fraction of sp³-hybridized carbons (Fsp3) is 0.312. The van der Waals surface area contributed by atoms with Gasteiger partial charge in [0.25, 0.3) is 0 Å². The highest BCUT2D eigenvalue weighted by atomic mass is 14.8. The van der Waals surface area contributed by atoms with Gasteiger partial charge in [0, 0.05) is 12.4 Å². The summed E-state index contributed by atoms with van der Waals surface area (Å²) >= 11 is 0. The van der Waals surface area contributed by atoms with E-state index in [0.29, 0.717) is 0 Å². The van der Waals surface area contributed by atoms with Gasteiger partial charge in [0.15, 0.2) is 0 Å². The van der Waals surface area contributed by atoms with Gasteiger partial charge in [-0.15, -0.1) is 0 Å². The average molecular weight is 238 g/mol. The Morgan fingerprint density at radius 3 is 2.83 bits per heavy atom. The lowest BCUT2D eigenvalue weighted by atomic mass is 9.72. The Labute approximate surface area is 108 Å². The molecule has 0 saturated heterocycles. The van der Waals surface area contributed by atoms with Crippen molar-refractivity contribution in [3.05, 3.63) is 65.0 Å². The second kappa shape index (κ2) is 4.21. The molecule has 1 atom stereocenters. The summed E-state index contributed by atoms with van der Waals surface area (Å²) in [4.78, 5) is 4.26. The first kappa shape index (κ1) is 11.4. The van der Waals surface area contributed by atoms with E-state index in [1.54, 1.807) is 0 Å². The van der Waals surface area contributed by atoms with Crippen LogP contribution in [0, 0.1) is 6.92 Å². The second-order valence-electron chi connectivity index (χ2n) is 5.17. The number of benzene rings is 1. The van der Waals surface area contributed by atoms with E-state index < -0.39 is 0 Å². The van der Waals surface area contributed by atoms with E-state index in [9.17, 15) is 0 Å². The molecule has 0 saturated carbocycles. The quantitative estimate of drug-likeness (QED) is 0.829. The van der Waals surface area contributed by atoms with Gasteiger partial charge in [-0.05, 0) is 54.5 Å². The fourth-order valence-electron chi connectivity index (χ4n) is 3.08. The van der Waals surface area contributed by atoms with Gasteiger partial charge in [-0.1, -0.05) is 24.3 Å². The molecule has 0 radical (unpaired) electrons. The number of aryl methyl sites for hydroxylation is 2. The molecular formula is C16H18N2. The number of nitrogens with two attached hydrogens (primary N) is 1. The van der Waals surface area contributed by atoms with Gasteiger partial charge in [0.05, 0.1) is 5.54 Å². The van der Waals surface area contributed by atoms with Crippen LogP contribution in [0.15, 0.2) is 42.7 Å². The van der Waals surface area contributed by atoms with Crippen LogP contribution in [0.1, 0.15) is 35.1 Å². The Bertz CT molecular complexity index is 577. The number of rotatable bonds is 1. The van der Waals surface area contributed by atoms with E-state index >= 15 is 0 Å². The van der Waals surface area contributed by atoms with Crippen LogP contribution in [0.25, 0.3) is 0 Å². The van der Waals surface area contributed by atoms with Crippen LogP contribution >= 0.6 is 0 Å². The van der Waals surface area contributed by atoms with Crippen molar-refractivity contribution in [2.75, 3.05) is 0 Å². The molecule has 1 aromatic carbocycles. The van der Waals surface area contributed by atoms with Crippen molar-refractivity contribution in [2.45, 2.75) is 31.7 Å². The van der Waals surface area contributed by atoms with E-state index in [2.05, 4.69) is 36.2 Å². The zero-order valence-electron chi connectivity index (χ0n) is 10.7. The van der Waals surface area contributed by atoms with Gasteiger partial charge >= 0.3 is 0 Å². The highest BCUT2D eigenvalue weighted by molar-refractivity contribution is 5.46. The van der Waals surface area contributed by atoms with Crippen molar-refractivity contribution in [2.24, 2.45) is 5.73 Å². The van der Waals surface area contributed by atoms with Crippen LogP contribution in [0.4, 0.5) is 0 Å². The van der Waals surface area contributed by atoms with Crippen LogP contribution in [0.2, 0.25) is 0 Å². The predicted octanol–water partition coefficient (Wildman–Crippen LogP) is 2.93. The maximum Gasteiger partial charge on any atom is 0.0686 e. The standard InChI is InChI=1S/C16H18N2/c1-12-8-10-18-11-15(12)16(17)9-4-6-13-5-2-3-7-14(13)16/h2-3,5,7-8,10-11H,4,6,9,17H2,1H3. The van der Waals surface area contributed by atoms with Crippen molar-refractivity contribution in [1.29, 1.82) is 0 Å². The highest BCUT2D eigenvalue weighted by Crippen LogP contribution is 2.39. The third kappa shape index (κ3) is 1.65. The molecule has 0 fully saturated rings. The lowest BCUT2D eigenvalue weighted by Crippen LogP contribution is -2.41. The van der Waals surface area contributed by atoms with Crippen LogP contribution in [-0.2, 0) is 12.0 Å². The Kier molecular flexibility index (Phi) is 2.67. The normalized spacial score (nSPS) is 22.6. The smallest absolute Gasteiger partial charge is 0.0686 e. The van der Waals surface area contributed by atoms with Gasteiger partial charge in [-0.25, -0.2) is 0 Å². The van der Waals surface area contributed by atoms with E-state index in [-0.39, 0.29) is 5.54 Å². The maximum absolute atomic E-state index is 6.75. The summed E-state index contributed by atoms with van der Waals surface area (Å²) in [7, 11) is 0. The summed E-state index contributed by atoms with van der Waals surface area (Å²) in [6.45, 7) is 2.11. The third-order valence-electron chi connectivity index (χ3n) is 4.03. The average Bonchev–Trinajstić information content (AvgIpc) is 2.40. The number of aromatic nitrogens is 1. The Balaban J connectivity index is 2.20. The first-order valence-corrected chi connectivity index (χ1v) is 6.50. The number of pyridine rings is 1. The van der Waals surface area contributed by atoms with Gasteiger partial charge in [-0.3, -0.25) is 4.98 Å². The molecule has 1 unspecified atom stereocenters. The lowest BCUT2D eigenvalue weighted by Gasteiger charge is -2.37. The van der Waals surface area contributed by atoms with Crippen molar-refractivity contribution < 1.29 is 0 Å². The molecular weight excluding hydrogens is 220 g/mol. The molecule has 0 aliphatic heterocycles. The number of hydrogen-bond acceptors (Lipinski definition) is 2. The van der Waals surface area contributed by atoms with Crippen LogP contribution in [0.5, 0.6) is 0 Å². The topological polar surface area (TPSA) is 38.9 Å². The zero-order chi connectivity index (χ0) is 12.6. The van der Waals surface area contributed by atoms with Gasteiger partial charge in [0.1, 0.15) is 0 Å². The molecule has 0 spiro atoms.